The second kappa shape index (κ2) is 4.22. The van der Waals surface area contributed by atoms with Gasteiger partial charge in [0.2, 0.25) is 0 Å². The summed E-state index contributed by atoms with van der Waals surface area (Å²) in [4.78, 5) is 17.6. The molecule has 0 bridgehead atoms. The van der Waals surface area contributed by atoms with E-state index in [1.54, 1.807) is 0 Å². The van der Waals surface area contributed by atoms with Crippen molar-refractivity contribution in [3.63, 3.8) is 0 Å². The van der Waals surface area contributed by atoms with E-state index in [-0.39, 0.29) is 0 Å². The fourth-order valence-corrected chi connectivity index (χ4v) is 2.38. The van der Waals surface area contributed by atoms with Crippen LogP contribution in [0.25, 0.3) is 0 Å². The number of ketones is 1. The zero-order chi connectivity index (χ0) is 11.0. The normalized spacial score (nSPS) is 16.2. The number of carbonyl (C=O) groups is 1. The number of hydrogen-bond acceptors (Lipinski definition) is 3. The number of aromatic nitrogens is 1. The lowest BCUT2D eigenvalue weighted by atomic mass is 10.3. The van der Waals surface area contributed by atoms with Crippen LogP contribution in [0.1, 0.15) is 12.1 Å². The molecular formula is C10H10Br2N2O. The summed E-state index contributed by atoms with van der Waals surface area (Å²) in [5.74, 6) is 0.299. The van der Waals surface area contributed by atoms with Crippen LogP contribution in [0.3, 0.4) is 0 Å². The van der Waals surface area contributed by atoms with Crippen molar-refractivity contribution in [2.24, 2.45) is 0 Å². The third kappa shape index (κ3) is 2.23. The molecule has 5 heteroatoms. The summed E-state index contributed by atoms with van der Waals surface area (Å²) >= 11 is 6.78. The van der Waals surface area contributed by atoms with Gasteiger partial charge in [0.05, 0.1) is 22.4 Å². The number of nitrogens with zero attached hydrogens (tertiary/aromatic N) is 2. The molecule has 0 N–H and O–H groups in total. The number of aryl methyl sites for hydroxylation is 1. The zero-order valence-electron chi connectivity index (χ0n) is 8.26. The van der Waals surface area contributed by atoms with E-state index < -0.39 is 0 Å². The zero-order valence-corrected chi connectivity index (χ0v) is 11.4. The van der Waals surface area contributed by atoms with Crippen LogP contribution in [-0.2, 0) is 4.79 Å². The third-order valence-corrected chi connectivity index (χ3v) is 4.21. The highest BCUT2D eigenvalue weighted by molar-refractivity contribution is 9.13. The minimum atomic E-state index is 0.299. The van der Waals surface area contributed by atoms with Crippen molar-refractivity contribution in [1.29, 1.82) is 0 Å². The summed E-state index contributed by atoms with van der Waals surface area (Å²) < 4.78 is 1.72. The second-order valence-electron chi connectivity index (χ2n) is 3.58. The Hall–Kier alpha value is -0.420. The molecule has 0 aromatic carbocycles. The van der Waals surface area contributed by atoms with Gasteiger partial charge in [0.15, 0.2) is 5.78 Å². The summed E-state index contributed by atoms with van der Waals surface area (Å²) in [5, 5.41) is 0. The minimum absolute atomic E-state index is 0.299. The number of halogens is 2. The van der Waals surface area contributed by atoms with Crippen molar-refractivity contribution < 1.29 is 4.79 Å². The summed E-state index contributed by atoms with van der Waals surface area (Å²) in [6, 6.07) is 2.00. The quantitative estimate of drug-likeness (QED) is 0.741. The van der Waals surface area contributed by atoms with Gasteiger partial charge in [-0.1, -0.05) is 0 Å². The number of hydrogen-bond donors (Lipinski definition) is 0. The molecule has 3 nitrogen and oxygen atoms in total. The molecule has 1 aromatic heterocycles. The predicted molar refractivity (Wildman–Crippen MR) is 66.2 cm³/mol. The van der Waals surface area contributed by atoms with Gasteiger partial charge in [0.25, 0.3) is 0 Å². The highest BCUT2D eigenvalue weighted by Gasteiger charge is 2.21. The molecule has 1 fully saturated rings. The molecule has 1 aromatic rings. The fraction of sp³-hybridized carbons (Fsp3) is 0.400. The Morgan fingerprint density at radius 2 is 2.20 bits per heavy atom. The number of anilines is 1. The van der Waals surface area contributed by atoms with Crippen LogP contribution in [0.2, 0.25) is 0 Å². The van der Waals surface area contributed by atoms with Gasteiger partial charge in [-0.3, -0.25) is 4.79 Å². The number of carbonyl (C=O) groups excluding carboxylic acids is 1. The van der Waals surface area contributed by atoms with E-state index in [4.69, 9.17) is 0 Å². The lowest BCUT2D eigenvalue weighted by molar-refractivity contribution is -0.116. The van der Waals surface area contributed by atoms with E-state index in [0.717, 1.165) is 27.0 Å². The van der Waals surface area contributed by atoms with E-state index in [9.17, 15) is 4.79 Å². The summed E-state index contributed by atoms with van der Waals surface area (Å²) in [6.07, 6.45) is 0.646. The van der Waals surface area contributed by atoms with E-state index >= 15 is 0 Å². The molecule has 1 aliphatic rings. The van der Waals surface area contributed by atoms with Gasteiger partial charge in [0.1, 0.15) is 4.60 Å². The maximum absolute atomic E-state index is 11.2. The van der Waals surface area contributed by atoms with Gasteiger partial charge in [-0.05, 0) is 44.8 Å². The molecule has 80 valence electrons. The molecule has 2 heterocycles. The summed E-state index contributed by atoms with van der Waals surface area (Å²) in [7, 11) is 0. The Balaban J connectivity index is 2.36. The molecule has 1 aliphatic heterocycles. The van der Waals surface area contributed by atoms with Crippen LogP contribution < -0.4 is 4.90 Å². The molecule has 15 heavy (non-hydrogen) atoms. The molecule has 0 amide bonds. The molecule has 1 saturated heterocycles. The molecular weight excluding hydrogens is 324 g/mol. The smallest absolute Gasteiger partial charge is 0.153 e. The van der Waals surface area contributed by atoms with Crippen molar-refractivity contribution in [2.45, 2.75) is 13.3 Å². The van der Waals surface area contributed by atoms with Crippen LogP contribution >= 0.6 is 31.9 Å². The standard InChI is InChI=1S/C10H10Br2N2O/c1-6-9(4-8(11)10(12)13-6)14-3-2-7(15)5-14/h4H,2-3,5H2,1H3. The Bertz CT molecular complexity index is 420. The van der Waals surface area contributed by atoms with Crippen molar-refractivity contribution >= 4 is 43.3 Å². The number of Topliss-reactive ketones (excluding diaryl/α,β-unsaturated/α-hetero) is 1. The van der Waals surface area contributed by atoms with Gasteiger partial charge in [0, 0.05) is 13.0 Å². The van der Waals surface area contributed by atoms with Gasteiger partial charge < -0.3 is 4.90 Å². The predicted octanol–water partition coefficient (Wildman–Crippen LogP) is 2.69. The van der Waals surface area contributed by atoms with Gasteiger partial charge in [-0.25, -0.2) is 4.98 Å². The summed E-state index contributed by atoms with van der Waals surface area (Å²) in [5.41, 5.74) is 1.98. The van der Waals surface area contributed by atoms with Crippen LogP contribution in [0, 0.1) is 6.92 Å². The van der Waals surface area contributed by atoms with Gasteiger partial charge in [-0.2, -0.15) is 0 Å². The minimum Gasteiger partial charge on any atom is -0.362 e. The van der Waals surface area contributed by atoms with E-state index in [0.29, 0.717) is 18.7 Å². The molecule has 0 atom stereocenters. The third-order valence-electron chi connectivity index (χ3n) is 2.47. The first-order chi connectivity index (χ1) is 7.08. The van der Waals surface area contributed by atoms with Crippen molar-refractivity contribution in [2.75, 3.05) is 18.0 Å². The second-order valence-corrected chi connectivity index (χ2v) is 5.18. The molecule has 2 rings (SSSR count). The van der Waals surface area contributed by atoms with Crippen LogP contribution in [0.5, 0.6) is 0 Å². The van der Waals surface area contributed by atoms with Crippen molar-refractivity contribution in [3.05, 3.63) is 20.8 Å². The Kier molecular flexibility index (Phi) is 3.11. The van der Waals surface area contributed by atoms with Gasteiger partial charge >= 0.3 is 0 Å². The van der Waals surface area contributed by atoms with Crippen LogP contribution in [0.4, 0.5) is 5.69 Å². The molecule has 0 spiro atoms. The number of pyridine rings is 1. The fourth-order valence-electron chi connectivity index (χ4n) is 1.70. The van der Waals surface area contributed by atoms with E-state index in [2.05, 4.69) is 41.7 Å². The molecule has 0 saturated carbocycles. The van der Waals surface area contributed by atoms with Crippen molar-refractivity contribution in [1.82, 2.24) is 4.98 Å². The Labute approximate surface area is 105 Å². The molecule has 0 aliphatic carbocycles. The monoisotopic (exact) mass is 332 g/mol. The average Bonchev–Trinajstić information content (AvgIpc) is 2.58. The lowest BCUT2D eigenvalue weighted by Crippen LogP contribution is -2.21. The summed E-state index contributed by atoms with van der Waals surface area (Å²) in [6.45, 7) is 3.27. The maximum atomic E-state index is 11.2. The van der Waals surface area contributed by atoms with E-state index in [1.165, 1.54) is 0 Å². The first-order valence-electron chi connectivity index (χ1n) is 4.67. The van der Waals surface area contributed by atoms with E-state index in [1.807, 2.05) is 13.0 Å². The maximum Gasteiger partial charge on any atom is 0.153 e. The lowest BCUT2D eigenvalue weighted by Gasteiger charge is -2.19. The first-order valence-corrected chi connectivity index (χ1v) is 6.26. The topological polar surface area (TPSA) is 33.2 Å². The molecule has 0 unspecified atom stereocenters. The largest absolute Gasteiger partial charge is 0.362 e. The SMILES string of the molecule is Cc1nc(Br)c(Br)cc1N1CCC(=O)C1. The van der Waals surface area contributed by atoms with Gasteiger partial charge in [-0.15, -0.1) is 0 Å². The molecule has 0 radical (unpaired) electrons. The van der Waals surface area contributed by atoms with Crippen LogP contribution in [-0.4, -0.2) is 23.9 Å². The van der Waals surface area contributed by atoms with Crippen molar-refractivity contribution in [3.8, 4) is 0 Å². The average molecular weight is 334 g/mol. The highest BCUT2D eigenvalue weighted by Crippen LogP contribution is 2.29. The Morgan fingerprint density at radius 1 is 1.47 bits per heavy atom. The highest BCUT2D eigenvalue weighted by atomic mass is 79.9. The first kappa shape index (κ1) is 11.1. The number of rotatable bonds is 1. The van der Waals surface area contributed by atoms with Crippen LogP contribution in [0.15, 0.2) is 15.1 Å². The Morgan fingerprint density at radius 3 is 2.80 bits per heavy atom.